The van der Waals surface area contributed by atoms with Crippen molar-refractivity contribution in [3.05, 3.63) is 29.8 Å². The summed E-state index contributed by atoms with van der Waals surface area (Å²) in [5.74, 6) is -1.60. The van der Waals surface area contributed by atoms with E-state index in [-0.39, 0.29) is 18.9 Å². The van der Waals surface area contributed by atoms with E-state index in [0.29, 0.717) is 0 Å². The first-order valence-electron chi connectivity index (χ1n) is 8.32. The van der Waals surface area contributed by atoms with Crippen molar-refractivity contribution in [3.8, 4) is 0 Å². The normalized spacial score (nSPS) is 18.0. The Hall–Kier alpha value is -1.88. The summed E-state index contributed by atoms with van der Waals surface area (Å²) in [7, 11) is 2.12. The number of rotatable bonds is 8. The standard InChI is InChI=1S/C18H26N2O3/c1-3-4-5-10-19(2)12-14-6-8-16(9-7-14)20-13-15(18(22)23)11-17(20)21/h6-9,15H,3-5,10-13H2,1-2H3,(H,22,23). The van der Waals surface area contributed by atoms with Crippen LogP contribution in [-0.2, 0) is 16.1 Å². The highest BCUT2D eigenvalue weighted by Crippen LogP contribution is 2.25. The lowest BCUT2D eigenvalue weighted by molar-refractivity contribution is -0.141. The Morgan fingerprint density at radius 1 is 1.30 bits per heavy atom. The summed E-state index contributed by atoms with van der Waals surface area (Å²) in [5, 5.41) is 9.04. The van der Waals surface area contributed by atoms with E-state index in [0.717, 1.165) is 18.8 Å². The Balaban J connectivity index is 1.92. The third kappa shape index (κ3) is 4.79. The number of carboxylic acid groups (broad SMARTS) is 1. The summed E-state index contributed by atoms with van der Waals surface area (Å²) in [6.07, 6.45) is 3.79. The monoisotopic (exact) mass is 318 g/mol. The fourth-order valence-corrected chi connectivity index (χ4v) is 2.93. The maximum Gasteiger partial charge on any atom is 0.308 e. The zero-order valence-electron chi connectivity index (χ0n) is 14.0. The first kappa shape index (κ1) is 17.5. The van der Waals surface area contributed by atoms with Crippen molar-refractivity contribution in [1.29, 1.82) is 0 Å². The molecule has 1 atom stereocenters. The number of aliphatic carboxylic acids is 1. The van der Waals surface area contributed by atoms with E-state index in [4.69, 9.17) is 5.11 Å². The second kappa shape index (κ2) is 8.11. The zero-order valence-corrected chi connectivity index (χ0v) is 14.0. The van der Waals surface area contributed by atoms with Gasteiger partial charge in [-0.1, -0.05) is 31.9 Å². The molecule has 1 fully saturated rings. The van der Waals surface area contributed by atoms with Crippen molar-refractivity contribution in [3.63, 3.8) is 0 Å². The molecular weight excluding hydrogens is 292 g/mol. The molecule has 1 saturated heterocycles. The predicted octanol–water partition coefficient (Wildman–Crippen LogP) is 2.75. The van der Waals surface area contributed by atoms with Crippen LogP contribution in [0.25, 0.3) is 0 Å². The molecule has 0 spiro atoms. The van der Waals surface area contributed by atoms with Crippen LogP contribution in [0.4, 0.5) is 5.69 Å². The molecule has 1 heterocycles. The summed E-state index contributed by atoms with van der Waals surface area (Å²) >= 11 is 0. The summed E-state index contributed by atoms with van der Waals surface area (Å²) in [6.45, 7) is 4.44. The van der Waals surface area contributed by atoms with Crippen LogP contribution in [-0.4, -0.2) is 42.0 Å². The van der Waals surface area contributed by atoms with Gasteiger partial charge in [-0.05, 0) is 37.7 Å². The number of unbranched alkanes of at least 4 members (excludes halogenated alkanes) is 2. The smallest absolute Gasteiger partial charge is 0.308 e. The van der Waals surface area contributed by atoms with Crippen molar-refractivity contribution in [2.45, 2.75) is 39.2 Å². The number of hydrogen-bond donors (Lipinski definition) is 1. The van der Waals surface area contributed by atoms with Crippen LogP contribution >= 0.6 is 0 Å². The molecule has 0 bridgehead atoms. The number of carbonyl (C=O) groups is 2. The molecule has 126 valence electrons. The molecule has 2 rings (SSSR count). The van der Waals surface area contributed by atoms with Gasteiger partial charge in [0.15, 0.2) is 0 Å². The van der Waals surface area contributed by atoms with Gasteiger partial charge in [0.1, 0.15) is 0 Å². The van der Waals surface area contributed by atoms with Crippen LogP contribution in [0.15, 0.2) is 24.3 Å². The van der Waals surface area contributed by atoms with E-state index in [1.807, 2.05) is 24.3 Å². The van der Waals surface area contributed by atoms with E-state index in [2.05, 4.69) is 18.9 Å². The number of hydrogen-bond acceptors (Lipinski definition) is 3. The molecular formula is C18H26N2O3. The lowest BCUT2D eigenvalue weighted by atomic mass is 10.1. The predicted molar refractivity (Wildman–Crippen MR) is 90.4 cm³/mol. The summed E-state index contributed by atoms with van der Waals surface area (Å²) in [4.78, 5) is 26.9. The minimum atomic E-state index is -0.897. The highest BCUT2D eigenvalue weighted by molar-refractivity contribution is 5.99. The fraction of sp³-hybridized carbons (Fsp3) is 0.556. The molecule has 5 nitrogen and oxygen atoms in total. The highest BCUT2D eigenvalue weighted by atomic mass is 16.4. The van der Waals surface area contributed by atoms with E-state index in [1.165, 1.54) is 24.8 Å². The van der Waals surface area contributed by atoms with Crippen LogP contribution in [0.5, 0.6) is 0 Å². The molecule has 1 aromatic rings. The van der Waals surface area contributed by atoms with Gasteiger partial charge in [0.2, 0.25) is 5.91 Å². The minimum Gasteiger partial charge on any atom is -0.481 e. The maximum absolute atomic E-state index is 12.0. The van der Waals surface area contributed by atoms with Gasteiger partial charge in [-0.2, -0.15) is 0 Å². The third-order valence-electron chi connectivity index (χ3n) is 4.32. The Kier molecular flexibility index (Phi) is 6.16. The molecule has 1 N–H and O–H groups in total. The molecule has 0 saturated carbocycles. The fourth-order valence-electron chi connectivity index (χ4n) is 2.93. The van der Waals surface area contributed by atoms with Crippen LogP contribution in [0.1, 0.15) is 38.2 Å². The molecule has 1 aliphatic rings. The maximum atomic E-state index is 12.0. The molecule has 23 heavy (non-hydrogen) atoms. The molecule has 1 aliphatic heterocycles. The second-order valence-electron chi connectivity index (χ2n) is 6.35. The molecule has 0 aliphatic carbocycles. The van der Waals surface area contributed by atoms with E-state index in [1.54, 1.807) is 4.90 Å². The molecule has 1 aromatic carbocycles. The summed E-state index contributed by atoms with van der Waals surface area (Å²) < 4.78 is 0. The van der Waals surface area contributed by atoms with Crippen molar-refractivity contribution in [1.82, 2.24) is 4.90 Å². The molecule has 1 amide bonds. The lowest BCUT2D eigenvalue weighted by Gasteiger charge is -2.19. The number of amides is 1. The second-order valence-corrected chi connectivity index (χ2v) is 6.35. The first-order chi connectivity index (χ1) is 11.0. The molecule has 1 unspecified atom stereocenters. The number of carboxylic acids is 1. The van der Waals surface area contributed by atoms with Gasteiger partial charge in [0.05, 0.1) is 5.92 Å². The Morgan fingerprint density at radius 3 is 2.57 bits per heavy atom. The average molecular weight is 318 g/mol. The molecule has 0 aromatic heterocycles. The van der Waals surface area contributed by atoms with Crippen LogP contribution in [0.3, 0.4) is 0 Å². The van der Waals surface area contributed by atoms with Gasteiger partial charge in [-0.25, -0.2) is 0 Å². The topological polar surface area (TPSA) is 60.9 Å². The van der Waals surface area contributed by atoms with Crippen LogP contribution in [0.2, 0.25) is 0 Å². The minimum absolute atomic E-state index is 0.0945. The number of nitrogens with zero attached hydrogens (tertiary/aromatic N) is 2. The van der Waals surface area contributed by atoms with E-state index in [9.17, 15) is 9.59 Å². The van der Waals surface area contributed by atoms with Gasteiger partial charge in [-0.3, -0.25) is 9.59 Å². The van der Waals surface area contributed by atoms with Crippen molar-refractivity contribution in [2.24, 2.45) is 5.92 Å². The van der Waals surface area contributed by atoms with Crippen molar-refractivity contribution in [2.75, 3.05) is 25.0 Å². The largest absolute Gasteiger partial charge is 0.481 e. The summed E-state index contributed by atoms with van der Waals surface area (Å²) in [5.41, 5.74) is 1.99. The lowest BCUT2D eigenvalue weighted by Crippen LogP contribution is -2.25. The van der Waals surface area contributed by atoms with Gasteiger partial charge in [0, 0.05) is 25.2 Å². The van der Waals surface area contributed by atoms with Gasteiger partial charge < -0.3 is 14.9 Å². The van der Waals surface area contributed by atoms with Crippen LogP contribution < -0.4 is 4.90 Å². The Bertz CT molecular complexity index is 542. The molecule has 5 heteroatoms. The first-order valence-corrected chi connectivity index (χ1v) is 8.32. The Labute approximate surface area is 137 Å². The number of anilines is 1. The average Bonchev–Trinajstić information content (AvgIpc) is 2.90. The SMILES string of the molecule is CCCCCN(C)Cc1ccc(N2CC(C(=O)O)CC2=O)cc1. The quantitative estimate of drug-likeness (QED) is 0.749. The highest BCUT2D eigenvalue weighted by Gasteiger charge is 2.34. The van der Waals surface area contributed by atoms with E-state index >= 15 is 0 Å². The van der Waals surface area contributed by atoms with Gasteiger partial charge in [-0.15, -0.1) is 0 Å². The van der Waals surface area contributed by atoms with Crippen LogP contribution in [0, 0.1) is 5.92 Å². The van der Waals surface area contributed by atoms with Gasteiger partial charge in [0.25, 0.3) is 0 Å². The number of benzene rings is 1. The van der Waals surface area contributed by atoms with Gasteiger partial charge >= 0.3 is 5.97 Å². The Morgan fingerprint density at radius 2 is 2.00 bits per heavy atom. The third-order valence-corrected chi connectivity index (χ3v) is 4.32. The molecule has 0 radical (unpaired) electrons. The van der Waals surface area contributed by atoms with E-state index < -0.39 is 11.9 Å². The summed E-state index contributed by atoms with van der Waals surface area (Å²) in [6, 6.07) is 7.87. The zero-order chi connectivity index (χ0) is 16.8. The van der Waals surface area contributed by atoms with Crippen molar-refractivity contribution >= 4 is 17.6 Å². The van der Waals surface area contributed by atoms with Crippen molar-refractivity contribution < 1.29 is 14.7 Å². The number of carbonyl (C=O) groups excluding carboxylic acids is 1.